The number of carbonyl (C=O) groups excluding carboxylic acids is 1. The van der Waals surface area contributed by atoms with Gasteiger partial charge in [-0.25, -0.2) is 0 Å². The third-order valence-corrected chi connectivity index (χ3v) is 4.78. The van der Waals surface area contributed by atoms with Crippen molar-refractivity contribution in [3.05, 3.63) is 59.5 Å². The lowest BCUT2D eigenvalue weighted by atomic mass is 9.81. The highest BCUT2D eigenvalue weighted by atomic mass is 16.4. The molecule has 0 aliphatic heterocycles. The van der Waals surface area contributed by atoms with Crippen molar-refractivity contribution in [2.75, 3.05) is 0 Å². The summed E-state index contributed by atoms with van der Waals surface area (Å²) in [5.41, 5.74) is 2.70. The van der Waals surface area contributed by atoms with Crippen molar-refractivity contribution >= 4 is 5.91 Å². The molecule has 1 heterocycles. The molecule has 1 aliphatic carbocycles. The van der Waals surface area contributed by atoms with Crippen LogP contribution in [0.5, 0.6) is 0 Å². The molecular formula is C20H25NO3. The van der Waals surface area contributed by atoms with Crippen molar-refractivity contribution in [2.24, 2.45) is 0 Å². The Labute approximate surface area is 142 Å². The summed E-state index contributed by atoms with van der Waals surface area (Å²) in [6, 6.07) is 11.8. The first-order valence-corrected chi connectivity index (χ1v) is 8.72. The number of aliphatic hydroxyl groups excluding tert-OH is 1. The zero-order valence-electron chi connectivity index (χ0n) is 14.1. The maximum Gasteiger partial charge on any atom is 0.220 e. The molecule has 0 saturated heterocycles. The standard InChI is InChI=1S/C20H25NO3/c1-14(12-18(22)19-10-5-11-24-19)21-20(23)13-16-8-4-7-15-6-2-3-9-17(15)16/h2-3,5-6,9-11,14,16,18,22H,4,7-8,12-13H2,1H3,(H,21,23). The highest BCUT2D eigenvalue weighted by Crippen LogP contribution is 2.33. The first-order chi connectivity index (χ1) is 11.6. The predicted octanol–water partition coefficient (Wildman–Crippen LogP) is 3.72. The van der Waals surface area contributed by atoms with Crippen molar-refractivity contribution in [1.82, 2.24) is 5.32 Å². The minimum atomic E-state index is -0.689. The van der Waals surface area contributed by atoms with Crippen molar-refractivity contribution < 1.29 is 14.3 Å². The first kappa shape index (κ1) is 16.8. The van der Waals surface area contributed by atoms with E-state index in [0.29, 0.717) is 24.5 Å². The number of aliphatic hydroxyl groups is 1. The molecule has 4 heteroatoms. The van der Waals surface area contributed by atoms with Gasteiger partial charge in [-0.1, -0.05) is 24.3 Å². The minimum Gasteiger partial charge on any atom is -0.467 e. The third kappa shape index (κ3) is 4.06. The predicted molar refractivity (Wildman–Crippen MR) is 92.6 cm³/mol. The molecule has 0 bridgehead atoms. The van der Waals surface area contributed by atoms with E-state index in [2.05, 4.69) is 29.6 Å². The van der Waals surface area contributed by atoms with Crippen LogP contribution in [0.3, 0.4) is 0 Å². The van der Waals surface area contributed by atoms with E-state index in [4.69, 9.17) is 4.42 Å². The lowest BCUT2D eigenvalue weighted by Crippen LogP contribution is -2.34. The molecule has 2 aromatic rings. The van der Waals surface area contributed by atoms with Crippen LogP contribution >= 0.6 is 0 Å². The number of hydrogen-bond donors (Lipinski definition) is 2. The average Bonchev–Trinajstić information content (AvgIpc) is 3.09. The summed E-state index contributed by atoms with van der Waals surface area (Å²) in [6.45, 7) is 1.92. The van der Waals surface area contributed by atoms with Crippen LogP contribution in [0.2, 0.25) is 0 Å². The second-order valence-electron chi connectivity index (χ2n) is 6.73. The zero-order valence-corrected chi connectivity index (χ0v) is 14.1. The largest absolute Gasteiger partial charge is 0.467 e. The number of nitrogens with one attached hydrogen (secondary N) is 1. The molecule has 1 aromatic carbocycles. The van der Waals surface area contributed by atoms with Gasteiger partial charge in [-0.15, -0.1) is 0 Å². The van der Waals surface area contributed by atoms with E-state index in [1.54, 1.807) is 18.4 Å². The first-order valence-electron chi connectivity index (χ1n) is 8.72. The Balaban J connectivity index is 1.52. The number of aryl methyl sites for hydroxylation is 1. The zero-order chi connectivity index (χ0) is 16.9. The summed E-state index contributed by atoms with van der Waals surface area (Å²) in [4.78, 5) is 12.4. The van der Waals surface area contributed by atoms with Crippen molar-refractivity contribution in [1.29, 1.82) is 0 Å². The highest BCUT2D eigenvalue weighted by Gasteiger charge is 2.23. The minimum absolute atomic E-state index is 0.0517. The lowest BCUT2D eigenvalue weighted by molar-refractivity contribution is -0.122. The number of hydrogen-bond acceptors (Lipinski definition) is 3. The van der Waals surface area contributed by atoms with Crippen molar-refractivity contribution in [3.63, 3.8) is 0 Å². The van der Waals surface area contributed by atoms with Gasteiger partial charge < -0.3 is 14.8 Å². The molecular weight excluding hydrogens is 302 g/mol. The molecule has 3 unspecified atom stereocenters. The molecule has 0 spiro atoms. The van der Waals surface area contributed by atoms with Crippen LogP contribution in [-0.2, 0) is 11.2 Å². The number of rotatable bonds is 6. The number of benzene rings is 1. The Bertz CT molecular complexity index is 665. The van der Waals surface area contributed by atoms with Crippen LogP contribution in [0, 0.1) is 0 Å². The molecule has 3 rings (SSSR count). The fraction of sp³-hybridized carbons (Fsp3) is 0.450. The lowest BCUT2D eigenvalue weighted by Gasteiger charge is -2.26. The third-order valence-electron chi connectivity index (χ3n) is 4.78. The SMILES string of the molecule is CC(CC(O)c1ccco1)NC(=O)CC1CCCc2ccccc21. The van der Waals surface area contributed by atoms with Crippen LogP contribution in [0.25, 0.3) is 0 Å². The Hall–Kier alpha value is -2.07. The number of carbonyl (C=O) groups is 1. The Morgan fingerprint density at radius 3 is 2.96 bits per heavy atom. The van der Waals surface area contributed by atoms with Crippen molar-refractivity contribution in [3.8, 4) is 0 Å². The van der Waals surface area contributed by atoms with Gasteiger partial charge in [0.1, 0.15) is 11.9 Å². The van der Waals surface area contributed by atoms with Gasteiger partial charge in [0.05, 0.1) is 6.26 Å². The Morgan fingerprint density at radius 2 is 2.17 bits per heavy atom. The average molecular weight is 327 g/mol. The smallest absolute Gasteiger partial charge is 0.220 e. The van der Waals surface area contributed by atoms with Gasteiger partial charge >= 0.3 is 0 Å². The van der Waals surface area contributed by atoms with Crippen LogP contribution < -0.4 is 5.32 Å². The molecule has 1 amide bonds. The normalized spacial score (nSPS) is 19.3. The maximum absolute atomic E-state index is 12.4. The van der Waals surface area contributed by atoms with Crippen molar-refractivity contribution in [2.45, 2.75) is 57.1 Å². The number of amides is 1. The van der Waals surface area contributed by atoms with Gasteiger partial charge in [0.2, 0.25) is 5.91 Å². The maximum atomic E-state index is 12.4. The van der Waals surface area contributed by atoms with Gasteiger partial charge in [-0.05, 0) is 55.4 Å². The summed E-state index contributed by atoms with van der Waals surface area (Å²) in [5.74, 6) is 0.894. The van der Waals surface area contributed by atoms with E-state index in [1.165, 1.54) is 11.1 Å². The topological polar surface area (TPSA) is 62.5 Å². The van der Waals surface area contributed by atoms with E-state index in [1.807, 2.05) is 6.92 Å². The quantitative estimate of drug-likeness (QED) is 0.850. The fourth-order valence-corrected chi connectivity index (χ4v) is 3.61. The molecule has 4 nitrogen and oxygen atoms in total. The summed E-state index contributed by atoms with van der Waals surface area (Å²) >= 11 is 0. The second kappa shape index (κ2) is 7.67. The van der Waals surface area contributed by atoms with E-state index < -0.39 is 6.10 Å². The van der Waals surface area contributed by atoms with Crippen LogP contribution in [0.15, 0.2) is 47.1 Å². The van der Waals surface area contributed by atoms with Gasteiger partial charge in [0, 0.05) is 18.9 Å². The molecule has 1 aromatic heterocycles. The molecule has 24 heavy (non-hydrogen) atoms. The van der Waals surface area contributed by atoms with E-state index in [-0.39, 0.29) is 11.9 Å². The molecule has 2 N–H and O–H groups in total. The Morgan fingerprint density at radius 1 is 1.33 bits per heavy atom. The van der Waals surface area contributed by atoms with Gasteiger partial charge in [0.25, 0.3) is 0 Å². The van der Waals surface area contributed by atoms with E-state index >= 15 is 0 Å². The highest BCUT2D eigenvalue weighted by molar-refractivity contribution is 5.77. The van der Waals surface area contributed by atoms with Crippen LogP contribution in [0.4, 0.5) is 0 Å². The van der Waals surface area contributed by atoms with Crippen LogP contribution in [-0.4, -0.2) is 17.1 Å². The molecule has 1 aliphatic rings. The molecule has 3 atom stereocenters. The summed E-state index contributed by atoms with van der Waals surface area (Å²) < 4.78 is 5.20. The van der Waals surface area contributed by atoms with E-state index in [9.17, 15) is 9.90 Å². The van der Waals surface area contributed by atoms with Crippen LogP contribution in [0.1, 0.15) is 61.5 Å². The molecule has 0 saturated carbocycles. The molecule has 0 fully saturated rings. The van der Waals surface area contributed by atoms with Gasteiger partial charge in [-0.2, -0.15) is 0 Å². The fourth-order valence-electron chi connectivity index (χ4n) is 3.61. The van der Waals surface area contributed by atoms with Gasteiger partial charge in [0.15, 0.2) is 0 Å². The monoisotopic (exact) mass is 327 g/mol. The Kier molecular flexibility index (Phi) is 5.36. The summed E-state index contributed by atoms with van der Waals surface area (Å²) in [7, 11) is 0. The summed E-state index contributed by atoms with van der Waals surface area (Å²) in [5, 5.41) is 13.1. The summed E-state index contributed by atoms with van der Waals surface area (Å²) in [6.07, 6.45) is 5.13. The molecule has 0 radical (unpaired) electrons. The van der Waals surface area contributed by atoms with E-state index in [0.717, 1.165) is 19.3 Å². The van der Waals surface area contributed by atoms with Gasteiger partial charge in [-0.3, -0.25) is 4.79 Å². The second-order valence-corrected chi connectivity index (χ2v) is 6.73. The number of furan rings is 1. The number of fused-ring (bicyclic) bond motifs is 1. The molecule has 128 valence electrons.